The van der Waals surface area contributed by atoms with Gasteiger partial charge in [-0.1, -0.05) is 36.1 Å². The van der Waals surface area contributed by atoms with Crippen LogP contribution in [0.5, 0.6) is 0 Å². The number of nitrogens with zero attached hydrogens (tertiary/aromatic N) is 1. The van der Waals surface area contributed by atoms with Crippen LogP contribution in [0.2, 0.25) is 0 Å². The number of allylic oxidation sites excluding steroid dienone is 1. The summed E-state index contributed by atoms with van der Waals surface area (Å²) in [6, 6.07) is 9.05. The van der Waals surface area contributed by atoms with E-state index in [1.807, 2.05) is 18.2 Å². The van der Waals surface area contributed by atoms with Gasteiger partial charge < -0.3 is 9.05 Å². The van der Waals surface area contributed by atoms with E-state index in [9.17, 15) is 13.0 Å². The van der Waals surface area contributed by atoms with E-state index in [0.29, 0.717) is 5.57 Å². The van der Waals surface area contributed by atoms with E-state index >= 15 is 0 Å². The van der Waals surface area contributed by atoms with E-state index < -0.39 is 17.6 Å². The highest BCUT2D eigenvalue weighted by atomic mass is 32.2. The third kappa shape index (κ3) is 6.46. The molecule has 0 saturated heterocycles. The summed E-state index contributed by atoms with van der Waals surface area (Å²) in [5, 5.41) is 0. The number of sulfonamides is 1. The summed E-state index contributed by atoms with van der Waals surface area (Å²) >= 11 is 0. The Kier molecular flexibility index (Phi) is 8.13. The van der Waals surface area contributed by atoms with Crippen molar-refractivity contribution in [2.45, 2.75) is 34.2 Å². The molecule has 8 heteroatoms. The minimum atomic E-state index is -3.84. The molecule has 1 aromatic rings. The topological polar surface area (TPSA) is 72.9 Å². The Hall–Kier alpha value is -1.36. The maximum Gasteiger partial charge on any atom is 0.386 e. The molecule has 25 heavy (non-hydrogen) atoms. The van der Waals surface area contributed by atoms with Gasteiger partial charge in [-0.25, -0.2) is 8.42 Å². The van der Waals surface area contributed by atoms with Crippen LogP contribution in [0.1, 0.15) is 33.3 Å². The van der Waals surface area contributed by atoms with Crippen molar-refractivity contribution in [3.63, 3.8) is 0 Å². The van der Waals surface area contributed by atoms with Crippen LogP contribution in [0.25, 0.3) is 0 Å². The minimum Gasteiger partial charge on any atom is -0.304 e. The van der Waals surface area contributed by atoms with Gasteiger partial charge in [-0.3, -0.25) is 8.87 Å². The third-order valence-corrected chi connectivity index (χ3v) is 6.34. The fraction of sp³-hybridized carbons (Fsp3) is 0.471. The zero-order chi connectivity index (χ0) is 19.1. The van der Waals surface area contributed by atoms with Crippen molar-refractivity contribution in [2.24, 2.45) is 0 Å². The lowest BCUT2D eigenvalue weighted by atomic mass is 10.2. The normalized spacial score (nSPS) is 11.7. The van der Waals surface area contributed by atoms with Gasteiger partial charge in [0.1, 0.15) is 0 Å². The van der Waals surface area contributed by atoms with Crippen LogP contribution in [-0.4, -0.2) is 32.2 Å². The molecule has 1 aromatic carbocycles. The van der Waals surface area contributed by atoms with Crippen LogP contribution in [0.3, 0.4) is 0 Å². The first-order valence-corrected chi connectivity index (χ1v) is 11.4. The smallest absolute Gasteiger partial charge is 0.304 e. The molecule has 0 unspecified atom stereocenters. The first kappa shape index (κ1) is 21.7. The van der Waals surface area contributed by atoms with E-state index in [1.165, 1.54) is 0 Å². The molecule has 0 heterocycles. The van der Waals surface area contributed by atoms with Gasteiger partial charge >= 0.3 is 7.60 Å². The number of rotatable bonds is 9. The maximum absolute atomic E-state index is 13.3. The summed E-state index contributed by atoms with van der Waals surface area (Å²) < 4.78 is 49.9. The molecule has 0 aromatic heterocycles. The molecule has 140 valence electrons. The second-order valence-corrected chi connectivity index (χ2v) is 9.38. The molecule has 0 aliphatic heterocycles. The van der Waals surface area contributed by atoms with Crippen molar-refractivity contribution in [1.82, 2.24) is 4.31 Å². The van der Waals surface area contributed by atoms with Gasteiger partial charge in [-0.15, -0.1) is 0 Å². The summed E-state index contributed by atoms with van der Waals surface area (Å²) in [5.74, 6) is 0. The molecule has 0 spiro atoms. The second-order valence-electron chi connectivity index (χ2n) is 5.54. The molecule has 0 bridgehead atoms. The summed E-state index contributed by atoms with van der Waals surface area (Å²) in [6.45, 7) is 7.08. The van der Waals surface area contributed by atoms with Gasteiger partial charge in [-0.05, 0) is 38.8 Å². The SMILES string of the molecule is CCOP(=O)(OCC)C(=C=C(C)C)N(Cc1ccccc1)S(C)(=O)=O. The minimum absolute atomic E-state index is 0.0133. The van der Waals surface area contributed by atoms with E-state index in [1.54, 1.807) is 39.8 Å². The van der Waals surface area contributed by atoms with Gasteiger partial charge in [0.25, 0.3) is 0 Å². The zero-order valence-electron chi connectivity index (χ0n) is 15.4. The van der Waals surface area contributed by atoms with Crippen molar-refractivity contribution in [3.8, 4) is 0 Å². The molecule has 0 aliphatic rings. The third-order valence-electron chi connectivity index (χ3n) is 3.02. The Morgan fingerprint density at radius 3 is 2.04 bits per heavy atom. The average Bonchev–Trinajstić information content (AvgIpc) is 2.51. The highest BCUT2D eigenvalue weighted by molar-refractivity contribution is 7.88. The molecular formula is C17H26NO5PS. The molecule has 0 aliphatic carbocycles. The first-order chi connectivity index (χ1) is 11.6. The Morgan fingerprint density at radius 2 is 1.64 bits per heavy atom. The Bertz CT molecular complexity index is 769. The average molecular weight is 387 g/mol. The Labute approximate surface area is 150 Å². The fourth-order valence-electron chi connectivity index (χ4n) is 2.09. The van der Waals surface area contributed by atoms with Crippen molar-refractivity contribution in [3.05, 3.63) is 52.6 Å². The van der Waals surface area contributed by atoms with Crippen LogP contribution >= 0.6 is 7.60 Å². The highest BCUT2D eigenvalue weighted by Crippen LogP contribution is 2.57. The highest BCUT2D eigenvalue weighted by Gasteiger charge is 2.38. The van der Waals surface area contributed by atoms with Crippen molar-refractivity contribution in [2.75, 3.05) is 19.5 Å². The summed E-state index contributed by atoms with van der Waals surface area (Å²) in [7, 11) is -7.58. The predicted octanol–water partition coefficient (Wildman–Crippen LogP) is 4.12. The van der Waals surface area contributed by atoms with Gasteiger partial charge in [0.2, 0.25) is 10.0 Å². The Balaban J connectivity index is 3.57. The quantitative estimate of drug-likeness (QED) is 0.471. The van der Waals surface area contributed by atoms with Gasteiger partial charge in [0.15, 0.2) is 5.44 Å². The summed E-state index contributed by atoms with van der Waals surface area (Å²) in [4.78, 5) is 0. The monoisotopic (exact) mass is 387 g/mol. The van der Waals surface area contributed by atoms with Gasteiger partial charge in [0.05, 0.1) is 26.0 Å². The van der Waals surface area contributed by atoms with Crippen LogP contribution in [0, 0.1) is 0 Å². The molecule has 0 radical (unpaired) electrons. The van der Waals surface area contributed by atoms with Crippen LogP contribution in [0.4, 0.5) is 0 Å². The number of hydrogen-bond donors (Lipinski definition) is 0. The van der Waals surface area contributed by atoms with E-state index in [2.05, 4.69) is 5.73 Å². The standard InChI is InChI=1S/C17H26NO5PS/c1-6-22-24(19,23-7-2)17(13-15(3)4)18(25(5,20)21)14-16-11-9-8-10-12-16/h8-12H,6-7,14H2,1-5H3. The van der Waals surface area contributed by atoms with Crippen molar-refractivity contribution < 1.29 is 22.0 Å². The van der Waals surface area contributed by atoms with Crippen molar-refractivity contribution >= 4 is 17.6 Å². The molecule has 0 saturated carbocycles. The van der Waals surface area contributed by atoms with E-state index in [4.69, 9.17) is 9.05 Å². The lowest BCUT2D eigenvalue weighted by Crippen LogP contribution is -2.29. The van der Waals surface area contributed by atoms with E-state index in [-0.39, 0.29) is 25.2 Å². The first-order valence-electron chi connectivity index (χ1n) is 7.99. The zero-order valence-corrected chi connectivity index (χ0v) is 17.1. The van der Waals surface area contributed by atoms with Crippen molar-refractivity contribution in [1.29, 1.82) is 0 Å². The molecule has 6 nitrogen and oxygen atoms in total. The summed E-state index contributed by atoms with van der Waals surface area (Å²) in [5.41, 5.74) is 4.20. The van der Waals surface area contributed by atoms with E-state index in [0.717, 1.165) is 16.1 Å². The molecule has 0 N–H and O–H groups in total. The molecule has 0 fully saturated rings. The molecule has 0 amide bonds. The largest absolute Gasteiger partial charge is 0.386 e. The number of benzene rings is 1. The fourth-order valence-corrected chi connectivity index (χ4v) is 5.28. The maximum atomic E-state index is 13.3. The predicted molar refractivity (Wildman–Crippen MR) is 99.6 cm³/mol. The van der Waals surface area contributed by atoms with Gasteiger partial charge in [0, 0.05) is 0 Å². The van der Waals surface area contributed by atoms with Crippen LogP contribution in [-0.2, 0) is 30.2 Å². The lowest BCUT2D eigenvalue weighted by Gasteiger charge is -2.28. The lowest BCUT2D eigenvalue weighted by molar-refractivity contribution is 0.220. The molecule has 1 rings (SSSR count). The molecule has 0 atom stereocenters. The second kappa shape index (κ2) is 9.37. The summed E-state index contributed by atoms with van der Waals surface area (Å²) in [6.07, 6.45) is 1.06. The number of hydrogen-bond acceptors (Lipinski definition) is 5. The van der Waals surface area contributed by atoms with Gasteiger partial charge in [-0.2, -0.15) is 0 Å². The Morgan fingerprint density at radius 1 is 1.12 bits per heavy atom. The molecular weight excluding hydrogens is 361 g/mol. The van der Waals surface area contributed by atoms with Crippen LogP contribution < -0.4 is 0 Å². The van der Waals surface area contributed by atoms with Crippen LogP contribution in [0.15, 0.2) is 47.1 Å².